The predicted molar refractivity (Wildman–Crippen MR) is 79.6 cm³/mol. The van der Waals surface area contributed by atoms with Crippen LogP contribution < -0.4 is 10.1 Å². The lowest BCUT2D eigenvalue weighted by Gasteiger charge is -2.25. The highest BCUT2D eigenvalue weighted by Crippen LogP contribution is 2.38. The van der Waals surface area contributed by atoms with E-state index in [1.54, 1.807) is 7.11 Å². The highest BCUT2D eigenvalue weighted by Gasteiger charge is 2.19. The molecule has 0 spiro atoms. The average Bonchev–Trinajstić information content (AvgIpc) is 2.38. The van der Waals surface area contributed by atoms with Crippen LogP contribution >= 0.6 is 15.9 Å². The SMILES string of the molecule is COc1c(Br)cc(C2CCCNC2)cc1C(C)C. The molecule has 1 aliphatic heterocycles. The molecule has 0 amide bonds. The zero-order valence-corrected chi connectivity index (χ0v) is 13.0. The smallest absolute Gasteiger partial charge is 0.136 e. The number of rotatable bonds is 3. The van der Waals surface area contributed by atoms with Gasteiger partial charge in [-0.05, 0) is 64.3 Å². The van der Waals surface area contributed by atoms with E-state index in [4.69, 9.17) is 4.74 Å². The summed E-state index contributed by atoms with van der Waals surface area (Å²) in [5, 5.41) is 3.48. The third-order valence-corrected chi connectivity index (χ3v) is 4.28. The van der Waals surface area contributed by atoms with Crippen LogP contribution in [0.2, 0.25) is 0 Å². The Morgan fingerprint density at radius 1 is 1.39 bits per heavy atom. The Bertz CT molecular complexity index is 411. The monoisotopic (exact) mass is 311 g/mol. The standard InChI is InChI=1S/C15H22BrNO/c1-10(2)13-7-12(8-14(16)15(13)18-3)11-5-4-6-17-9-11/h7-8,10-11,17H,4-6,9H2,1-3H3. The van der Waals surface area contributed by atoms with Crippen LogP contribution in [0.15, 0.2) is 16.6 Å². The molecule has 1 aromatic carbocycles. The number of hydrogen-bond acceptors (Lipinski definition) is 2. The van der Waals surface area contributed by atoms with Gasteiger partial charge < -0.3 is 10.1 Å². The van der Waals surface area contributed by atoms with E-state index in [0.717, 1.165) is 23.3 Å². The molecule has 3 heteroatoms. The third kappa shape index (κ3) is 2.89. The van der Waals surface area contributed by atoms with Gasteiger partial charge in [-0.2, -0.15) is 0 Å². The molecule has 0 aliphatic carbocycles. The molecule has 0 bridgehead atoms. The third-order valence-electron chi connectivity index (χ3n) is 3.69. The van der Waals surface area contributed by atoms with E-state index in [1.807, 2.05) is 0 Å². The van der Waals surface area contributed by atoms with Gasteiger partial charge >= 0.3 is 0 Å². The van der Waals surface area contributed by atoms with Gasteiger partial charge in [-0.25, -0.2) is 0 Å². The molecule has 1 heterocycles. The van der Waals surface area contributed by atoms with Gasteiger partial charge in [0.05, 0.1) is 11.6 Å². The van der Waals surface area contributed by atoms with Crippen LogP contribution in [-0.2, 0) is 0 Å². The fourth-order valence-corrected chi connectivity index (χ4v) is 3.31. The first-order chi connectivity index (χ1) is 8.63. The minimum absolute atomic E-state index is 0.479. The van der Waals surface area contributed by atoms with Crippen molar-refractivity contribution in [2.24, 2.45) is 0 Å². The molecule has 1 aliphatic rings. The summed E-state index contributed by atoms with van der Waals surface area (Å²) in [5.74, 6) is 2.10. The van der Waals surface area contributed by atoms with Crippen molar-refractivity contribution in [3.8, 4) is 5.75 Å². The molecule has 0 saturated carbocycles. The molecule has 100 valence electrons. The lowest BCUT2D eigenvalue weighted by atomic mass is 9.88. The summed E-state index contributed by atoms with van der Waals surface area (Å²) in [7, 11) is 1.74. The first kappa shape index (κ1) is 13.9. The second-order valence-corrected chi connectivity index (χ2v) is 6.18. The van der Waals surface area contributed by atoms with Crippen molar-refractivity contribution in [3.05, 3.63) is 27.7 Å². The second-order valence-electron chi connectivity index (χ2n) is 5.32. The van der Waals surface area contributed by atoms with Crippen LogP contribution in [0.25, 0.3) is 0 Å². The molecular formula is C15H22BrNO. The number of hydrogen-bond donors (Lipinski definition) is 1. The minimum atomic E-state index is 0.479. The van der Waals surface area contributed by atoms with E-state index in [9.17, 15) is 0 Å². The van der Waals surface area contributed by atoms with Gasteiger partial charge in [0.15, 0.2) is 0 Å². The molecule has 1 atom stereocenters. The number of piperidine rings is 1. The zero-order valence-electron chi connectivity index (χ0n) is 11.4. The van der Waals surface area contributed by atoms with Gasteiger partial charge in [0.2, 0.25) is 0 Å². The quantitative estimate of drug-likeness (QED) is 0.909. The average molecular weight is 312 g/mol. The molecule has 2 rings (SSSR count). The Labute approximate surface area is 118 Å². The van der Waals surface area contributed by atoms with Gasteiger partial charge in [0.25, 0.3) is 0 Å². The molecule has 0 aromatic heterocycles. The number of methoxy groups -OCH3 is 1. The highest BCUT2D eigenvalue weighted by atomic mass is 79.9. The first-order valence-electron chi connectivity index (χ1n) is 6.71. The Kier molecular flexibility index (Phi) is 4.68. The van der Waals surface area contributed by atoms with E-state index in [2.05, 4.69) is 47.2 Å². The van der Waals surface area contributed by atoms with Crippen molar-refractivity contribution >= 4 is 15.9 Å². The number of benzene rings is 1. The summed E-state index contributed by atoms with van der Waals surface area (Å²) in [6.07, 6.45) is 2.55. The molecule has 0 radical (unpaired) electrons. The van der Waals surface area contributed by atoms with Crippen LogP contribution in [0.4, 0.5) is 0 Å². The minimum Gasteiger partial charge on any atom is -0.495 e. The molecule has 1 fully saturated rings. The maximum atomic E-state index is 5.52. The first-order valence-corrected chi connectivity index (χ1v) is 7.50. The van der Waals surface area contributed by atoms with Gasteiger partial charge in [0, 0.05) is 6.54 Å². The normalized spacial score (nSPS) is 20.2. The van der Waals surface area contributed by atoms with Crippen LogP contribution in [0.1, 0.15) is 49.7 Å². The largest absolute Gasteiger partial charge is 0.495 e. The van der Waals surface area contributed by atoms with Crippen LogP contribution in [-0.4, -0.2) is 20.2 Å². The van der Waals surface area contributed by atoms with Gasteiger partial charge in [0.1, 0.15) is 5.75 Å². The van der Waals surface area contributed by atoms with E-state index in [-0.39, 0.29) is 0 Å². The fourth-order valence-electron chi connectivity index (χ4n) is 2.65. The summed E-state index contributed by atoms with van der Waals surface area (Å²) < 4.78 is 6.60. The van der Waals surface area contributed by atoms with Crippen molar-refractivity contribution < 1.29 is 4.74 Å². The molecule has 1 unspecified atom stereocenters. The topological polar surface area (TPSA) is 21.3 Å². The summed E-state index contributed by atoms with van der Waals surface area (Å²) in [6.45, 7) is 6.68. The predicted octanol–water partition coefficient (Wildman–Crippen LogP) is 4.05. The summed E-state index contributed by atoms with van der Waals surface area (Å²) in [6, 6.07) is 4.55. The fraction of sp³-hybridized carbons (Fsp3) is 0.600. The van der Waals surface area contributed by atoms with Crippen molar-refractivity contribution in [1.82, 2.24) is 5.32 Å². The molecular weight excluding hydrogens is 290 g/mol. The summed E-state index contributed by atoms with van der Waals surface area (Å²) >= 11 is 3.65. The molecule has 2 nitrogen and oxygen atoms in total. The summed E-state index contributed by atoms with van der Waals surface area (Å²) in [4.78, 5) is 0. The van der Waals surface area contributed by atoms with Crippen LogP contribution in [0.3, 0.4) is 0 Å². The Morgan fingerprint density at radius 3 is 2.72 bits per heavy atom. The van der Waals surface area contributed by atoms with Crippen molar-refractivity contribution in [3.63, 3.8) is 0 Å². The van der Waals surface area contributed by atoms with E-state index < -0.39 is 0 Å². The second kappa shape index (κ2) is 6.07. The Morgan fingerprint density at radius 2 is 2.17 bits per heavy atom. The highest BCUT2D eigenvalue weighted by molar-refractivity contribution is 9.10. The number of ether oxygens (including phenoxy) is 1. The molecule has 18 heavy (non-hydrogen) atoms. The Hall–Kier alpha value is -0.540. The lowest BCUT2D eigenvalue weighted by molar-refractivity contribution is 0.403. The van der Waals surface area contributed by atoms with E-state index in [1.165, 1.54) is 24.0 Å². The van der Waals surface area contributed by atoms with Crippen molar-refractivity contribution in [2.75, 3.05) is 20.2 Å². The van der Waals surface area contributed by atoms with Crippen molar-refractivity contribution in [1.29, 1.82) is 0 Å². The van der Waals surface area contributed by atoms with Gasteiger partial charge in [-0.15, -0.1) is 0 Å². The van der Waals surface area contributed by atoms with E-state index >= 15 is 0 Å². The zero-order chi connectivity index (χ0) is 13.1. The van der Waals surface area contributed by atoms with Crippen LogP contribution in [0.5, 0.6) is 5.75 Å². The van der Waals surface area contributed by atoms with Crippen molar-refractivity contribution in [2.45, 2.75) is 38.5 Å². The maximum Gasteiger partial charge on any atom is 0.136 e. The van der Waals surface area contributed by atoms with Crippen LogP contribution in [0, 0.1) is 0 Å². The molecule has 1 saturated heterocycles. The number of halogens is 1. The maximum absolute atomic E-state index is 5.52. The molecule has 1 N–H and O–H groups in total. The van der Waals surface area contributed by atoms with E-state index in [0.29, 0.717) is 11.8 Å². The molecule has 1 aromatic rings. The summed E-state index contributed by atoms with van der Waals surface area (Å²) in [5.41, 5.74) is 2.73. The van der Waals surface area contributed by atoms with Gasteiger partial charge in [-0.3, -0.25) is 0 Å². The lowest BCUT2D eigenvalue weighted by Crippen LogP contribution is -2.28. The van der Waals surface area contributed by atoms with Gasteiger partial charge in [-0.1, -0.05) is 19.9 Å². The number of nitrogens with one attached hydrogen (secondary N) is 1. The Balaban J connectivity index is 2.37.